The third-order valence-electron chi connectivity index (χ3n) is 4.50. The molecule has 3 aromatic rings. The molecule has 0 aliphatic carbocycles. The number of benzene rings is 2. The number of fused-ring (bicyclic) bond motifs is 1. The highest BCUT2D eigenvalue weighted by molar-refractivity contribution is 6.07. The lowest BCUT2D eigenvalue weighted by Gasteiger charge is -2.17. The maximum Gasteiger partial charge on any atom is 0.287 e. The number of nitrogens with zero attached hydrogens (tertiary/aromatic N) is 1. The Balaban J connectivity index is 1.46. The van der Waals surface area contributed by atoms with E-state index in [1.807, 2.05) is 47.4 Å². The first-order valence-corrected chi connectivity index (χ1v) is 8.53. The molecule has 0 saturated carbocycles. The van der Waals surface area contributed by atoms with Gasteiger partial charge in [-0.1, -0.05) is 30.3 Å². The Morgan fingerprint density at radius 3 is 2.65 bits per heavy atom. The van der Waals surface area contributed by atoms with E-state index in [2.05, 4.69) is 11.4 Å². The van der Waals surface area contributed by atoms with Crippen molar-refractivity contribution in [2.24, 2.45) is 0 Å². The number of hydrogen-bond donors (Lipinski definition) is 1. The van der Waals surface area contributed by atoms with E-state index in [1.54, 1.807) is 12.1 Å². The van der Waals surface area contributed by atoms with Crippen molar-refractivity contribution in [3.63, 3.8) is 0 Å². The highest BCUT2D eigenvalue weighted by Gasteiger charge is 2.25. The Labute approximate surface area is 151 Å². The number of rotatable bonds is 4. The van der Waals surface area contributed by atoms with Crippen LogP contribution in [-0.2, 0) is 13.0 Å². The van der Waals surface area contributed by atoms with Crippen molar-refractivity contribution in [1.82, 2.24) is 5.32 Å². The van der Waals surface area contributed by atoms with Gasteiger partial charge in [0.1, 0.15) is 0 Å². The molecule has 2 heterocycles. The van der Waals surface area contributed by atoms with Crippen LogP contribution in [0.4, 0.5) is 5.69 Å². The normalized spacial score (nSPS) is 12.7. The van der Waals surface area contributed by atoms with Crippen LogP contribution < -0.4 is 10.2 Å². The molecule has 0 atom stereocenters. The summed E-state index contributed by atoms with van der Waals surface area (Å²) in [5.41, 5.74) is 3.76. The number of anilines is 1. The van der Waals surface area contributed by atoms with Crippen LogP contribution in [0.3, 0.4) is 0 Å². The summed E-state index contributed by atoms with van der Waals surface area (Å²) in [6.45, 7) is 1.09. The fourth-order valence-corrected chi connectivity index (χ4v) is 3.19. The van der Waals surface area contributed by atoms with Crippen molar-refractivity contribution < 1.29 is 14.0 Å². The minimum atomic E-state index is -0.239. The first-order chi connectivity index (χ1) is 12.7. The van der Waals surface area contributed by atoms with Crippen molar-refractivity contribution in [3.8, 4) is 0 Å². The van der Waals surface area contributed by atoms with E-state index in [1.165, 1.54) is 6.26 Å². The van der Waals surface area contributed by atoms with Crippen molar-refractivity contribution >= 4 is 17.5 Å². The number of furan rings is 1. The molecule has 5 heteroatoms. The topological polar surface area (TPSA) is 62.6 Å². The lowest BCUT2D eigenvalue weighted by atomic mass is 10.1. The van der Waals surface area contributed by atoms with Crippen LogP contribution in [0.5, 0.6) is 0 Å². The van der Waals surface area contributed by atoms with Crippen molar-refractivity contribution in [3.05, 3.63) is 89.4 Å². The summed E-state index contributed by atoms with van der Waals surface area (Å²) in [5.74, 6) is 0.0744. The molecular formula is C21H18N2O3. The predicted molar refractivity (Wildman–Crippen MR) is 98.1 cm³/mol. The average Bonchev–Trinajstić information content (AvgIpc) is 3.36. The highest BCUT2D eigenvalue weighted by Crippen LogP contribution is 2.30. The van der Waals surface area contributed by atoms with Gasteiger partial charge in [-0.3, -0.25) is 9.59 Å². The molecule has 0 bridgehead atoms. The second-order valence-electron chi connectivity index (χ2n) is 6.20. The first-order valence-electron chi connectivity index (χ1n) is 8.53. The van der Waals surface area contributed by atoms with E-state index in [-0.39, 0.29) is 11.8 Å². The molecule has 5 nitrogen and oxygen atoms in total. The number of amides is 2. The zero-order valence-corrected chi connectivity index (χ0v) is 14.1. The van der Waals surface area contributed by atoms with Gasteiger partial charge in [-0.05, 0) is 47.9 Å². The van der Waals surface area contributed by atoms with E-state index in [0.29, 0.717) is 24.4 Å². The minimum Gasteiger partial charge on any atom is -0.459 e. The Bertz CT molecular complexity index is 933. The number of carbonyl (C=O) groups is 2. The molecule has 130 valence electrons. The second kappa shape index (κ2) is 6.88. The largest absolute Gasteiger partial charge is 0.459 e. The minimum absolute atomic E-state index is 0.0169. The maximum absolute atomic E-state index is 12.7. The molecule has 4 rings (SSSR count). The molecule has 1 aliphatic rings. The van der Waals surface area contributed by atoms with Gasteiger partial charge in [0.15, 0.2) is 5.76 Å². The third kappa shape index (κ3) is 3.11. The molecule has 0 radical (unpaired) electrons. The van der Waals surface area contributed by atoms with Gasteiger partial charge in [-0.15, -0.1) is 0 Å². The second-order valence-corrected chi connectivity index (χ2v) is 6.20. The molecular weight excluding hydrogens is 328 g/mol. The third-order valence-corrected chi connectivity index (χ3v) is 4.50. The maximum atomic E-state index is 12.7. The van der Waals surface area contributed by atoms with E-state index in [9.17, 15) is 9.59 Å². The van der Waals surface area contributed by atoms with Gasteiger partial charge in [-0.25, -0.2) is 0 Å². The fraction of sp³-hybridized carbons (Fsp3) is 0.143. The fourth-order valence-electron chi connectivity index (χ4n) is 3.19. The standard InChI is InChI=1S/C21H18N2O3/c24-20(19-7-4-12-26-19)22-14-15-8-9-18-17(13-15)10-11-23(18)21(25)16-5-2-1-3-6-16/h1-9,12-13H,10-11,14H2,(H,22,24). The van der Waals surface area contributed by atoms with Gasteiger partial charge >= 0.3 is 0 Å². The molecule has 0 spiro atoms. The van der Waals surface area contributed by atoms with Crippen molar-refractivity contribution in [2.45, 2.75) is 13.0 Å². The van der Waals surface area contributed by atoms with Gasteiger partial charge in [0.2, 0.25) is 0 Å². The molecule has 2 aromatic carbocycles. The first kappa shape index (κ1) is 16.1. The van der Waals surface area contributed by atoms with E-state index >= 15 is 0 Å². The molecule has 1 N–H and O–H groups in total. The van der Waals surface area contributed by atoms with Crippen LogP contribution in [0, 0.1) is 0 Å². The molecule has 2 amide bonds. The van der Waals surface area contributed by atoms with Crippen LogP contribution in [0.15, 0.2) is 71.3 Å². The van der Waals surface area contributed by atoms with E-state index in [0.717, 1.165) is 23.2 Å². The van der Waals surface area contributed by atoms with Gasteiger partial charge in [0.25, 0.3) is 11.8 Å². The van der Waals surface area contributed by atoms with Gasteiger partial charge in [-0.2, -0.15) is 0 Å². The Hall–Kier alpha value is -3.34. The van der Waals surface area contributed by atoms with Crippen LogP contribution in [0.1, 0.15) is 32.0 Å². The zero-order valence-electron chi connectivity index (χ0n) is 14.1. The Morgan fingerprint density at radius 2 is 1.88 bits per heavy atom. The van der Waals surface area contributed by atoms with E-state index in [4.69, 9.17) is 4.42 Å². The van der Waals surface area contributed by atoms with Crippen molar-refractivity contribution in [2.75, 3.05) is 11.4 Å². The van der Waals surface area contributed by atoms with Crippen LogP contribution in [-0.4, -0.2) is 18.4 Å². The van der Waals surface area contributed by atoms with Crippen LogP contribution in [0.25, 0.3) is 0 Å². The van der Waals surface area contributed by atoms with Gasteiger partial charge in [0.05, 0.1) is 6.26 Å². The SMILES string of the molecule is O=C(NCc1ccc2c(c1)CCN2C(=O)c1ccccc1)c1ccco1. The molecule has 1 aliphatic heterocycles. The molecule has 0 unspecified atom stereocenters. The van der Waals surface area contributed by atoms with Crippen LogP contribution in [0.2, 0.25) is 0 Å². The summed E-state index contributed by atoms with van der Waals surface area (Å²) in [6, 6.07) is 18.6. The van der Waals surface area contributed by atoms with Gasteiger partial charge < -0.3 is 14.6 Å². The summed E-state index contributed by atoms with van der Waals surface area (Å²) < 4.78 is 5.08. The monoisotopic (exact) mass is 346 g/mol. The molecule has 0 saturated heterocycles. The number of nitrogens with one attached hydrogen (secondary N) is 1. The van der Waals surface area contributed by atoms with Crippen molar-refractivity contribution in [1.29, 1.82) is 0 Å². The summed E-state index contributed by atoms with van der Waals surface area (Å²) in [6.07, 6.45) is 2.29. The lowest BCUT2D eigenvalue weighted by molar-refractivity contribution is 0.0922. The smallest absolute Gasteiger partial charge is 0.287 e. The summed E-state index contributed by atoms with van der Waals surface area (Å²) in [5, 5.41) is 2.84. The predicted octanol–water partition coefficient (Wildman–Crippen LogP) is 3.41. The summed E-state index contributed by atoms with van der Waals surface area (Å²) >= 11 is 0. The summed E-state index contributed by atoms with van der Waals surface area (Å²) in [4.78, 5) is 26.5. The quantitative estimate of drug-likeness (QED) is 0.787. The zero-order chi connectivity index (χ0) is 17.9. The summed E-state index contributed by atoms with van der Waals surface area (Å²) in [7, 11) is 0. The van der Waals surface area contributed by atoms with E-state index < -0.39 is 0 Å². The number of carbonyl (C=O) groups excluding carboxylic acids is 2. The molecule has 1 aromatic heterocycles. The Morgan fingerprint density at radius 1 is 1.04 bits per heavy atom. The Kier molecular flexibility index (Phi) is 4.27. The van der Waals surface area contributed by atoms with Gasteiger partial charge in [0, 0.05) is 24.3 Å². The molecule has 26 heavy (non-hydrogen) atoms. The van der Waals surface area contributed by atoms with Crippen LogP contribution >= 0.6 is 0 Å². The lowest BCUT2D eigenvalue weighted by Crippen LogP contribution is -2.28. The highest BCUT2D eigenvalue weighted by atomic mass is 16.3. The average molecular weight is 346 g/mol. The molecule has 0 fully saturated rings. The number of hydrogen-bond acceptors (Lipinski definition) is 3.